The molecule has 12 fully saturated rings. The van der Waals surface area contributed by atoms with E-state index in [1.54, 1.807) is 6.20 Å². The summed E-state index contributed by atoms with van der Waals surface area (Å²) < 4.78 is 4.50. The first kappa shape index (κ1) is 73.2. The maximum absolute atomic E-state index is 12.2. The van der Waals surface area contributed by atoms with Gasteiger partial charge in [-0.1, -0.05) is 79.7 Å². The van der Waals surface area contributed by atoms with Crippen LogP contribution in [-0.4, -0.2) is 88.8 Å². The zero-order valence-corrected chi connectivity index (χ0v) is 66.2. The second kappa shape index (κ2) is 28.0. The normalized spacial score (nSPS) is 44.0. The predicted octanol–water partition coefficient (Wildman–Crippen LogP) is 17.0. The van der Waals surface area contributed by atoms with Crippen molar-refractivity contribution in [3.63, 3.8) is 0 Å². The van der Waals surface area contributed by atoms with Crippen molar-refractivity contribution >= 4 is 46.2 Å². The molecule has 8 saturated carbocycles. The number of carbonyl (C=O) groups is 4. The van der Waals surface area contributed by atoms with Crippen molar-refractivity contribution in [2.45, 2.75) is 242 Å². The first-order valence-electron chi connectivity index (χ1n) is 42.9. The van der Waals surface area contributed by atoms with Crippen LogP contribution in [0.3, 0.4) is 0 Å². The Bertz CT molecular complexity index is 4050. The molecule has 4 N–H and O–H groups in total. The molecule has 0 unspecified atom stereocenters. The Morgan fingerprint density at radius 1 is 0.374 bits per heavy atom. The van der Waals surface area contributed by atoms with E-state index in [4.69, 9.17) is 4.98 Å². The van der Waals surface area contributed by atoms with Gasteiger partial charge in [-0.15, -0.1) is 0 Å². The van der Waals surface area contributed by atoms with Crippen LogP contribution in [0, 0.1) is 145 Å². The highest BCUT2D eigenvalue weighted by molar-refractivity contribution is 5.78. The largest absolute Gasteiger partial charge is 0.356 e. The third kappa shape index (κ3) is 12.3. The highest BCUT2D eigenvalue weighted by atomic mass is 16.2. The third-order valence-corrected chi connectivity index (χ3v) is 35.6. The summed E-state index contributed by atoms with van der Waals surface area (Å²) in [5, 5.41) is 12.7. The van der Waals surface area contributed by atoms with E-state index in [1.165, 1.54) is 151 Å². The summed E-state index contributed by atoms with van der Waals surface area (Å²) in [7, 11) is 0. The maximum atomic E-state index is 12.2. The first-order valence-corrected chi connectivity index (χ1v) is 42.9. The van der Waals surface area contributed by atoms with Crippen LogP contribution < -0.4 is 21.3 Å². The first-order chi connectivity index (χ1) is 51.5. The molecule has 0 bridgehead atoms. The molecule has 12 aliphatic carbocycles. The Morgan fingerprint density at radius 2 is 0.776 bits per heavy atom. The minimum absolute atomic E-state index is 0.228. The van der Waals surface area contributed by atoms with Gasteiger partial charge in [0, 0.05) is 117 Å². The van der Waals surface area contributed by atoms with Crippen LogP contribution in [0.4, 0.5) is 0 Å². The molecule has 4 aromatic heterocycles. The van der Waals surface area contributed by atoms with Crippen molar-refractivity contribution in [1.29, 1.82) is 0 Å². The molecular weight excluding hydrogens is 1330 g/mol. The number of nitrogens with zero attached hydrogens (tertiary/aromatic N) is 8. The third-order valence-electron chi connectivity index (χ3n) is 35.6. The van der Waals surface area contributed by atoms with Gasteiger partial charge in [0.05, 0.1) is 42.1 Å². The smallest absolute Gasteiger partial charge is 0.220 e. The summed E-state index contributed by atoms with van der Waals surface area (Å²) in [5.74, 6) is 12.7. The zero-order valence-electron chi connectivity index (χ0n) is 66.2. The van der Waals surface area contributed by atoms with E-state index in [0.29, 0.717) is 57.7 Å². The molecule has 107 heavy (non-hydrogen) atoms. The summed E-state index contributed by atoms with van der Waals surface area (Å²) in [6.45, 7) is 25.6. The number of carbonyl (C=O) groups excluding carboxylic acids is 4. The fourth-order valence-electron chi connectivity index (χ4n) is 29.6. The van der Waals surface area contributed by atoms with Crippen LogP contribution in [0.1, 0.15) is 252 Å². The number of hydrogen-bond acceptors (Lipinski definition) is 10. The van der Waals surface area contributed by atoms with Crippen molar-refractivity contribution < 1.29 is 19.2 Å². The van der Waals surface area contributed by atoms with Crippen LogP contribution in [0.2, 0.25) is 0 Å². The van der Waals surface area contributed by atoms with E-state index in [-0.39, 0.29) is 45.3 Å². The number of fused-ring (bicyclic) bond motifs is 20. The van der Waals surface area contributed by atoms with Gasteiger partial charge in [0.2, 0.25) is 23.6 Å². The van der Waals surface area contributed by atoms with Crippen molar-refractivity contribution in [2.24, 2.45) is 138 Å². The van der Waals surface area contributed by atoms with Gasteiger partial charge in [-0.2, -0.15) is 0 Å². The molecule has 16 heteroatoms. The van der Waals surface area contributed by atoms with Crippen molar-refractivity contribution in [2.75, 3.05) is 26.2 Å². The summed E-state index contributed by atoms with van der Waals surface area (Å²) in [5.41, 5.74) is 11.3. The van der Waals surface area contributed by atoms with Crippen LogP contribution >= 0.6 is 0 Å². The highest BCUT2D eigenvalue weighted by Gasteiger charge is 2.64. The molecule has 8 heterocycles. The molecule has 0 spiro atoms. The average molecular weight is 1450 g/mol. The summed E-state index contributed by atoms with van der Waals surface area (Å²) in [6, 6.07) is 0. The lowest BCUT2D eigenvalue weighted by Crippen LogP contribution is -2.52. The fourth-order valence-corrected chi connectivity index (χ4v) is 29.6. The van der Waals surface area contributed by atoms with Crippen molar-refractivity contribution in [3.05, 3.63) is 110 Å². The van der Waals surface area contributed by atoms with Gasteiger partial charge in [0.15, 0.2) is 0 Å². The zero-order chi connectivity index (χ0) is 74.0. The quantitative estimate of drug-likeness (QED) is 0.152. The fraction of sp³-hybridized carbons (Fsp3) is 0.714. The van der Waals surface area contributed by atoms with Gasteiger partial charge in [-0.05, 0) is 299 Å². The topological polar surface area (TPSA) is 204 Å². The molecule has 16 aliphatic rings. The minimum Gasteiger partial charge on any atom is -0.356 e. The lowest BCUT2D eigenvalue weighted by Gasteiger charge is -2.58. The number of aromatic nitrogens is 8. The van der Waals surface area contributed by atoms with Gasteiger partial charge in [0.25, 0.3) is 0 Å². The van der Waals surface area contributed by atoms with Crippen LogP contribution in [-0.2, 0) is 19.2 Å². The lowest BCUT2D eigenvalue weighted by atomic mass is 9.46. The molecule has 0 radical (unpaired) electrons. The monoisotopic (exact) mass is 1450 g/mol. The number of rotatable bonds is 4. The Morgan fingerprint density at radius 3 is 1.20 bits per heavy atom. The molecule has 4 saturated heterocycles. The van der Waals surface area contributed by atoms with Gasteiger partial charge >= 0.3 is 0 Å². The molecule has 16 nitrogen and oxygen atoms in total. The SMILES string of the molecule is C[C@]12CCC(=O)NC[C@@H]1CC[C@@H]1[C@@H]2CC[C@]2(C)C(c3cnccn3)=CC[C@@H]12.C[C@]12CCC(=O)NC[C@@H]1CC[C@@H]1[C@@H]2CC[C@]2(C)C(n3ccnc3)=CC[C@@H]12.C[C@]12CCNC(=O)C[C@@H]1CC[C@@H]1[C@@H]2CC[C@]2(C)C(n3ccnc3)=CC[C@@H]12.Cc1cncc(C2=CC[C@H]3[C@@H]4CC[C@H]5CC(=O)NCC[C@]5(C)[C@H]4CC[C@]23C)n1. The van der Waals surface area contributed by atoms with Crippen molar-refractivity contribution in [3.8, 4) is 0 Å². The number of hydrogen-bond donors (Lipinski definition) is 4. The molecule has 4 aliphatic heterocycles. The predicted molar refractivity (Wildman–Crippen MR) is 420 cm³/mol. The summed E-state index contributed by atoms with van der Waals surface area (Å²) in [6.07, 6.45) is 63.8. The molecule has 4 amide bonds. The van der Waals surface area contributed by atoms with E-state index in [0.717, 1.165) is 153 Å². The molecular formula is C91H126N12O4. The van der Waals surface area contributed by atoms with Gasteiger partial charge in [-0.25, -0.2) is 9.97 Å². The average Bonchev–Trinajstić information content (AvgIpc) is 1.63. The van der Waals surface area contributed by atoms with Crippen molar-refractivity contribution in [1.82, 2.24) is 60.3 Å². The Hall–Kier alpha value is -6.58. The standard InChI is InChI=1S/C24H33N3O.C23H31N3O.2C22H31N3O/c1-15-13-25-14-21(27-15)20-7-6-18-17-5-4-16-12-22(28)26-11-10-23(16,2)19(17)8-9-24(18,20)3;1-22-10-8-21(27)26-13-15(22)3-4-16-17-5-6-19(20-14-24-11-12-25-20)23(17,2)9-7-18(16)22;1-21-10-8-20(26)24-13-15(21)3-4-16-17-5-6-19(25-12-11-23-14-25)22(17,2)9-7-18(16)21;1-21-9-10-24-20(26)13-15(21)3-4-16-17-5-6-19(25-12-11-23-14-25)22(17,2)8-7-18(16)21/h7,13-14,16-19H,4-6,8-12H2,1-3H3,(H,26,28);6,11-12,14-18H,3-5,7-10,13H2,1-2H3,(H,26,27);2*6,11-12,14-18H,3-5,7-10,13H2,1-2H3,(H,24,26)/t16-,17-,18-,19-,23-,24-;15-,16-,17-,18-,22-,23-;2*15-,16-,17-,18-,21-,22-/m0000/s1. The summed E-state index contributed by atoms with van der Waals surface area (Å²) in [4.78, 5) is 75.1. The van der Waals surface area contributed by atoms with Crippen LogP contribution in [0.15, 0.2) is 92.7 Å². The lowest BCUT2D eigenvalue weighted by molar-refractivity contribution is -0.125. The van der Waals surface area contributed by atoms with E-state index in [2.05, 4.69) is 147 Å². The van der Waals surface area contributed by atoms with E-state index >= 15 is 0 Å². The number of imidazole rings is 2. The van der Waals surface area contributed by atoms with Gasteiger partial charge in [0.1, 0.15) is 0 Å². The number of allylic oxidation sites excluding steroid dienone is 8. The van der Waals surface area contributed by atoms with Gasteiger partial charge in [-0.3, -0.25) is 39.1 Å². The second-order valence-electron chi connectivity index (χ2n) is 39.6. The second-order valence-corrected chi connectivity index (χ2v) is 39.6. The Balaban J connectivity index is 0.000000105. The number of amides is 4. The van der Waals surface area contributed by atoms with Crippen LogP contribution in [0.25, 0.3) is 22.5 Å². The van der Waals surface area contributed by atoms with E-state index < -0.39 is 0 Å². The highest BCUT2D eigenvalue weighted by Crippen LogP contribution is 2.71. The molecule has 4 aromatic rings. The Kier molecular flexibility index (Phi) is 19.2. The van der Waals surface area contributed by atoms with E-state index in [9.17, 15) is 19.2 Å². The molecule has 574 valence electrons. The number of aryl methyl sites for hydroxylation is 1. The molecule has 20 rings (SSSR count). The maximum Gasteiger partial charge on any atom is 0.220 e. The van der Waals surface area contributed by atoms with Gasteiger partial charge < -0.3 is 30.4 Å². The minimum atomic E-state index is 0.228. The van der Waals surface area contributed by atoms with E-state index in [1.807, 2.05) is 56.8 Å². The number of nitrogens with one attached hydrogen (secondary N) is 4. The summed E-state index contributed by atoms with van der Waals surface area (Å²) >= 11 is 0. The molecule has 0 aromatic carbocycles. The molecule has 24 atom stereocenters. The van der Waals surface area contributed by atoms with Crippen LogP contribution in [0.5, 0.6) is 0 Å². The Labute approximate surface area is 638 Å².